The van der Waals surface area contributed by atoms with Gasteiger partial charge in [-0.1, -0.05) is 0 Å². The second-order valence-corrected chi connectivity index (χ2v) is 5.25. The molecule has 5 nitrogen and oxygen atoms in total. The van der Waals surface area contributed by atoms with Gasteiger partial charge in [-0.3, -0.25) is 4.79 Å². The fourth-order valence-corrected chi connectivity index (χ4v) is 2.60. The maximum Gasteiger partial charge on any atom is 0.244 e. The van der Waals surface area contributed by atoms with Crippen LogP contribution < -0.4 is 10.6 Å². The van der Waals surface area contributed by atoms with Gasteiger partial charge in [-0.15, -0.1) is 0 Å². The Hall–Kier alpha value is -1.85. The van der Waals surface area contributed by atoms with E-state index in [9.17, 15) is 4.79 Å². The van der Waals surface area contributed by atoms with Crippen molar-refractivity contribution in [3.8, 4) is 0 Å². The van der Waals surface area contributed by atoms with E-state index in [-0.39, 0.29) is 18.1 Å². The van der Waals surface area contributed by atoms with E-state index in [0.717, 1.165) is 22.3 Å². The third kappa shape index (κ3) is 2.55. The number of H-pyrrole nitrogens is 1. The monoisotopic (exact) mass is 273 g/mol. The van der Waals surface area contributed by atoms with Crippen molar-refractivity contribution in [1.29, 1.82) is 0 Å². The summed E-state index contributed by atoms with van der Waals surface area (Å²) in [6, 6.07) is 7.63. The number of amides is 1. The first-order valence-electron chi connectivity index (χ1n) is 6.89. The maximum atomic E-state index is 12.3. The minimum Gasteiger partial charge on any atom is -0.375 e. The molecule has 0 aliphatic carbocycles. The summed E-state index contributed by atoms with van der Waals surface area (Å²) in [5.74, 6) is -0.0520. The van der Waals surface area contributed by atoms with Crippen LogP contribution in [0.25, 0.3) is 10.9 Å². The minimum atomic E-state index is -0.299. The van der Waals surface area contributed by atoms with Gasteiger partial charge in [0.25, 0.3) is 0 Å². The Balaban J connectivity index is 1.76. The van der Waals surface area contributed by atoms with Crippen LogP contribution in [0.15, 0.2) is 24.3 Å². The Bertz CT molecular complexity index is 635. The van der Waals surface area contributed by atoms with Gasteiger partial charge in [-0.25, -0.2) is 0 Å². The van der Waals surface area contributed by atoms with Gasteiger partial charge >= 0.3 is 0 Å². The fraction of sp³-hybridized carbons (Fsp3) is 0.400. The molecule has 0 bridgehead atoms. The van der Waals surface area contributed by atoms with Crippen molar-refractivity contribution in [2.24, 2.45) is 0 Å². The molecule has 1 aromatic heterocycles. The van der Waals surface area contributed by atoms with Crippen molar-refractivity contribution in [1.82, 2.24) is 10.3 Å². The van der Waals surface area contributed by atoms with Gasteiger partial charge in [0.1, 0.15) is 6.04 Å². The van der Waals surface area contributed by atoms with Crippen molar-refractivity contribution in [3.63, 3.8) is 0 Å². The molecule has 0 unspecified atom stereocenters. The number of carbonyl (C=O) groups is 1. The average molecular weight is 273 g/mol. The highest BCUT2D eigenvalue weighted by Crippen LogP contribution is 2.20. The van der Waals surface area contributed by atoms with E-state index >= 15 is 0 Å². The molecule has 5 heteroatoms. The zero-order chi connectivity index (χ0) is 14.1. The van der Waals surface area contributed by atoms with Gasteiger partial charge in [0.15, 0.2) is 0 Å². The summed E-state index contributed by atoms with van der Waals surface area (Å²) >= 11 is 0. The van der Waals surface area contributed by atoms with Crippen LogP contribution in [0.1, 0.15) is 12.6 Å². The van der Waals surface area contributed by atoms with Crippen molar-refractivity contribution >= 4 is 22.5 Å². The number of nitrogens with one attached hydrogen (secondary N) is 3. The van der Waals surface area contributed by atoms with E-state index < -0.39 is 0 Å². The van der Waals surface area contributed by atoms with Gasteiger partial charge in [0, 0.05) is 28.8 Å². The Morgan fingerprint density at radius 2 is 2.25 bits per heavy atom. The molecule has 3 N–H and O–H groups in total. The van der Waals surface area contributed by atoms with Gasteiger partial charge in [-0.2, -0.15) is 0 Å². The topological polar surface area (TPSA) is 66.2 Å². The highest BCUT2D eigenvalue weighted by molar-refractivity contribution is 5.97. The van der Waals surface area contributed by atoms with Crippen LogP contribution in [0.3, 0.4) is 0 Å². The lowest BCUT2D eigenvalue weighted by atomic mass is 10.1. The first kappa shape index (κ1) is 13.1. The third-order valence-electron chi connectivity index (χ3n) is 3.62. The molecule has 1 aromatic carbocycles. The maximum absolute atomic E-state index is 12.3. The molecule has 2 atom stereocenters. The normalized spacial score (nSPS) is 22.9. The molecule has 0 spiro atoms. The lowest BCUT2D eigenvalue weighted by Crippen LogP contribution is -2.53. The summed E-state index contributed by atoms with van der Waals surface area (Å²) in [4.78, 5) is 15.5. The molecule has 3 rings (SSSR count). The summed E-state index contributed by atoms with van der Waals surface area (Å²) in [6.45, 7) is 5.29. The van der Waals surface area contributed by atoms with E-state index in [4.69, 9.17) is 4.74 Å². The molecule has 1 aliphatic heterocycles. The number of morpholine rings is 1. The summed E-state index contributed by atoms with van der Waals surface area (Å²) in [6.07, 6.45) is -0.109. The lowest BCUT2D eigenvalue weighted by Gasteiger charge is -2.29. The van der Waals surface area contributed by atoms with Crippen molar-refractivity contribution in [2.75, 3.05) is 18.5 Å². The van der Waals surface area contributed by atoms with E-state index in [1.807, 2.05) is 32.0 Å². The highest BCUT2D eigenvalue weighted by atomic mass is 16.5. The molecule has 0 saturated carbocycles. The van der Waals surface area contributed by atoms with Gasteiger partial charge in [0.2, 0.25) is 5.91 Å². The van der Waals surface area contributed by atoms with Crippen LogP contribution in [0.4, 0.5) is 5.69 Å². The van der Waals surface area contributed by atoms with Crippen LogP contribution in [0.2, 0.25) is 0 Å². The van der Waals surface area contributed by atoms with E-state index in [1.54, 1.807) is 0 Å². The van der Waals surface area contributed by atoms with E-state index in [1.165, 1.54) is 0 Å². The zero-order valence-electron chi connectivity index (χ0n) is 11.7. The average Bonchev–Trinajstić information content (AvgIpc) is 2.78. The molecule has 0 radical (unpaired) electrons. The van der Waals surface area contributed by atoms with Gasteiger partial charge in [0.05, 0.1) is 12.7 Å². The van der Waals surface area contributed by atoms with Crippen molar-refractivity contribution in [2.45, 2.75) is 26.0 Å². The van der Waals surface area contributed by atoms with Crippen molar-refractivity contribution in [3.05, 3.63) is 30.0 Å². The third-order valence-corrected chi connectivity index (χ3v) is 3.62. The summed E-state index contributed by atoms with van der Waals surface area (Å²) < 4.78 is 5.49. The number of ether oxygens (including phenoxy) is 1. The SMILES string of the molecule is Cc1cc2cc(NC(=O)[C@H]3NCCO[C@@H]3C)ccc2[nH]1. The molecule has 106 valence electrons. The van der Waals surface area contributed by atoms with Crippen LogP contribution >= 0.6 is 0 Å². The first-order chi connectivity index (χ1) is 9.63. The molecule has 1 amide bonds. The number of aromatic amines is 1. The first-order valence-corrected chi connectivity index (χ1v) is 6.89. The Morgan fingerprint density at radius 1 is 1.40 bits per heavy atom. The minimum absolute atomic E-state index is 0.0520. The second-order valence-electron chi connectivity index (χ2n) is 5.25. The summed E-state index contributed by atoms with van der Waals surface area (Å²) in [7, 11) is 0. The number of rotatable bonds is 2. The summed E-state index contributed by atoms with van der Waals surface area (Å²) in [5.41, 5.74) is 2.99. The molecule has 20 heavy (non-hydrogen) atoms. The molecule has 1 saturated heterocycles. The van der Waals surface area contributed by atoms with Crippen LogP contribution in [-0.2, 0) is 9.53 Å². The number of aryl methyl sites for hydroxylation is 1. The quantitative estimate of drug-likeness (QED) is 0.781. The smallest absolute Gasteiger partial charge is 0.244 e. The number of fused-ring (bicyclic) bond motifs is 1. The molecule has 2 heterocycles. The molecular weight excluding hydrogens is 254 g/mol. The van der Waals surface area contributed by atoms with E-state index in [2.05, 4.69) is 21.7 Å². The number of aromatic nitrogens is 1. The number of carbonyl (C=O) groups excluding carboxylic acids is 1. The number of anilines is 1. The Kier molecular flexibility index (Phi) is 3.46. The van der Waals surface area contributed by atoms with Gasteiger partial charge in [-0.05, 0) is 38.1 Å². The number of hydrogen-bond donors (Lipinski definition) is 3. The molecule has 2 aromatic rings. The molecular formula is C15H19N3O2. The standard InChI is InChI=1S/C15H19N3O2/c1-9-7-11-8-12(3-4-13(11)17-9)18-15(19)14-10(2)20-6-5-16-14/h3-4,7-8,10,14,16-17H,5-6H2,1-2H3,(H,18,19)/t10-,14+/m1/s1. The van der Waals surface area contributed by atoms with Crippen LogP contribution in [-0.4, -0.2) is 36.2 Å². The predicted molar refractivity (Wildman–Crippen MR) is 78.9 cm³/mol. The number of hydrogen-bond acceptors (Lipinski definition) is 3. The lowest BCUT2D eigenvalue weighted by molar-refractivity contribution is -0.123. The van der Waals surface area contributed by atoms with Crippen LogP contribution in [0, 0.1) is 6.92 Å². The van der Waals surface area contributed by atoms with Gasteiger partial charge < -0.3 is 20.4 Å². The zero-order valence-corrected chi connectivity index (χ0v) is 11.7. The Morgan fingerprint density at radius 3 is 3.05 bits per heavy atom. The molecule has 1 fully saturated rings. The fourth-order valence-electron chi connectivity index (χ4n) is 2.60. The highest BCUT2D eigenvalue weighted by Gasteiger charge is 2.28. The van der Waals surface area contributed by atoms with Crippen LogP contribution in [0.5, 0.6) is 0 Å². The molecule has 1 aliphatic rings. The van der Waals surface area contributed by atoms with Crippen molar-refractivity contribution < 1.29 is 9.53 Å². The van der Waals surface area contributed by atoms with E-state index in [0.29, 0.717) is 13.2 Å². The largest absolute Gasteiger partial charge is 0.375 e. The summed E-state index contributed by atoms with van der Waals surface area (Å²) in [5, 5.41) is 7.23. The second kappa shape index (κ2) is 5.26. The number of benzene rings is 1. The Labute approximate surface area is 117 Å². The predicted octanol–water partition coefficient (Wildman–Crippen LogP) is 1.79.